The smallest absolute Gasteiger partial charge is 0.352 e. The van der Waals surface area contributed by atoms with E-state index < -0.39 is 18.2 Å². The van der Waals surface area contributed by atoms with Crippen molar-refractivity contribution in [1.29, 1.82) is 0 Å². The molecule has 4 rings (SSSR count). The maximum atomic E-state index is 12.6. The van der Waals surface area contributed by atoms with Crippen LogP contribution in [-0.2, 0) is 11.3 Å². The van der Waals surface area contributed by atoms with E-state index in [9.17, 15) is 9.59 Å². The molecule has 0 aliphatic rings. The van der Waals surface area contributed by atoms with E-state index in [4.69, 9.17) is 5.11 Å². The van der Waals surface area contributed by atoms with Crippen LogP contribution in [0.25, 0.3) is 28.3 Å². The first-order valence-electron chi connectivity index (χ1n) is 7.67. The molecule has 4 aromatic rings. The highest BCUT2D eigenvalue weighted by Gasteiger charge is 2.17. The van der Waals surface area contributed by atoms with E-state index >= 15 is 0 Å². The second kappa shape index (κ2) is 6.20. The van der Waals surface area contributed by atoms with Crippen LogP contribution >= 0.6 is 0 Å². The van der Waals surface area contributed by atoms with Gasteiger partial charge in [0.1, 0.15) is 6.54 Å². The molecule has 0 aliphatic heterocycles. The minimum atomic E-state index is -1.15. The van der Waals surface area contributed by atoms with Crippen molar-refractivity contribution in [2.75, 3.05) is 0 Å². The first-order valence-corrected chi connectivity index (χ1v) is 7.67. The average molecular weight is 348 g/mol. The van der Waals surface area contributed by atoms with Crippen LogP contribution in [0.1, 0.15) is 0 Å². The molecule has 0 amide bonds. The summed E-state index contributed by atoms with van der Waals surface area (Å²) in [6.45, 7) is -0.527. The van der Waals surface area contributed by atoms with Gasteiger partial charge in [-0.05, 0) is 24.3 Å². The van der Waals surface area contributed by atoms with Crippen LogP contribution in [0.3, 0.4) is 0 Å². The van der Waals surface area contributed by atoms with Gasteiger partial charge in [-0.1, -0.05) is 0 Å². The Bertz CT molecular complexity index is 1150. The van der Waals surface area contributed by atoms with Crippen molar-refractivity contribution in [2.45, 2.75) is 6.54 Å². The predicted octanol–water partition coefficient (Wildman–Crippen LogP) is 1.10. The second-order valence-electron chi connectivity index (χ2n) is 5.46. The van der Waals surface area contributed by atoms with Crippen LogP contribution in [0.5, 0.6) is 0 Å². The van der Waals surface area contributed by atoms with Crippen LogP contribution in [0.2, 0.25) is 0 Å². The number of carboxylic acid groups (broad SMARTS) is 1. The largest absolute Gasteiger partial charge is 0.480 e. The predicted molar refractivity (Wildman–Crippen MR) is 91.3 cm³/mol. The lowest BCUT2D eigenvalue weighted by molar-refractivity contribution is -0.137. The lowest BCUT2D eigenvalue weighted by Gasteiger charge is -2.07. The number of rotatable bonds is 4. The fraction of sp³-hybridized carbons (Fsp3) is 0.0588. The van der Waals surface area contributed by atoms with Crippen LogP contribution in [0.15, 0.2) is 59.9 Å². The number of aliphatic carboxylic acids is 1. The summed E-state index contributed by atoms with van der Waals surface area (Å²) in [5.74, 6) is -0.790. The monoisotopic (exact) mass is 348 g/mol. The maximum Gasteiger partial charge on any atom is 0.352 e. The number of aromatic nitrogens is 6. The molecule has 9 heteroatoms. The molecule has 0 bridgehead atoms. The van der Waals surface area contributed by atoms with E-state index in [2.05, 4.69) is 20.1 Å². The standard InChI is InChI=1S/C17H12N6O3/c24-15(25)10-22-17(26)23-14(21-22)9-13(11-1-5-18-6-2-11)20-16(23)12-3-7-19-8-4-12/h1-9H,10H2,(H,24,25). The van der Waals surface area contributed by atoms with Gasteiger partial charge in [-0.2, -0.15) is 0 Å². The first kappa shape index (κ1) is 15.6. The molecule has 0 saturated carbocycles. The minimum Gasteiger partial charge on any atom is -0.480 e. The van der Waals surface area contributed by atoms with Crippen molar-refractivity contribution in [3.8, 4) is 22.6 Å². The molecule has 0 fully saturated rings. The summed E-state index contributed by atoms with van der Waals surface area (Å²) < 4.78 is 2.20. The van der Waals surface area contributed by atoms with E-state index in [0.717, 1.165) is 10.2 Å². The van der Waals surface area contributed by atoms with Crippen molar-refractivity contribution >= 4 is 11.6 Å². The first-order chi connectivity index (χ1) is 12.6. The Morgan fingerprint density at radius 3 is 2.23 bits per heavy atom. The Hall–Kier alpha value is -3.88. The highest BCUT2D eigenvalue weighted by Crippen LogP contribution is 2.23. The number of pyridine rings is 2. The molecular formula is C17H12N6O3. The van der Waals surface area contributed by atoms with Gasteiger partial charge in [0.2, 0.25) is 0 Å². The molecule has 4 heterocycles. The van der Waals surface area contributed by atoms with Gasteiger partial charge in [-0.15, -0.1) is 5.10 Å². The summed E-state index contributed by atoms with van der Waals surface area (Å²) in [5, 5.41) is 13.1. The fourth-order valence-corrected chi connectivity index (χ4v) is 2.63. The summed E-state index contributed by atoms with van der Waals surface area (Å²) in [4.78, 5) is 36.2. The average Bonchev–Trinajstić information content (AvgIpc) is 2.97. The third-order valence-electron chi connectivity index (χ3n) is 3.77. The van der Waals surface area contributed by atoms with Crippen molar-refractivity contribution in [2.24, 2.45) is 0 Å². The molecule has 128 valence electrons. The summed E-state index contributed by atoms with van der Waals surface area (Å²) in [5.41, 5.74) is 1.81. The van der Waals surface area contributed by atoms with Crippen molar-refractivity contribution < 1.29 is 9.90 Å². The van der Waals surface area contributed by atoms with Gasteiger partial charge in [0.25, 0.3) is 0 Å². The molecule has 0 unspecified atom stereocenters. The Morgan fingerprint density at radius 1 is 1.00 bits per heavy atom. The Kier molecular flexibility index (Phi) is 3.73. The third-order valence-corrected chi connectivity index (χ3v) is 3.77. The van der Waals surface area contributed by atoms with Gasteiger partial charge in [0, 0.05) is 42.0 Å². The lowest BCUT2D eigenvalue weighted by atomic mass is 10.1. The molecule has 0 aromatic carbocycles. The van der Waals surface area contributed by atoms with Gasteiger partial charge in [0.15, 0.2) is 11.5 Å². The molecule has 4 aromatic heterocycles. The van der Waals surface area contributed by atoms with Gasteiger partial charge >= 0.3 is 11.7 Å². The highest BCUT2D eigenvalue weighted by molar-refractivity contribution is 5.69. The van der Waals surface area contributed by atoms with E-state index in [1.54, 1.807) is 55.1 Å². The zero-order valence-electron chi connectivity index (χ0n) is 13.4. The van der Waals surface area contributed by atoms with Crippen molar-refractivity contribution in [1.82, 2.24) is 29.1 Å². The number of hydrogen-bond donors (Lipinski definition) is 1. The molecule has 0 saturated heterocycles. The van der Waals surface area contributed by atoms with E-state index in [1.807, 2.05) is 0 Å². The zero-order chi connectivity index (χ0) is 18.1. The SMILES string of the molecule is O=C(O)Cn1nc2cc(-c3ccncc3)nc(-c3ccncc3)n2c1=O. The topological polar surface area (TPSA) is 115 Å². The summed E-state index contributed by atoms with van der Waals surface area (Å²) in [7, 11) is 0. The Balaban J connectivity index is 2.03. The molecule has 9 nitrogen and oxygen atoms in total. The normalized spacial score (nSPS) is 10.9. The zero-order valence-corrected chi connectivity index (χ0v) is 13.4. The van der Waals surface area contributed by atoms with Gasteiger partial charge in [0.05, 0.1) is 5.69 Å². The summed E-state index contributed by atoms with van der Waals surface area (Å²) in [6, 6.07) is 8.67. The molecule has 0 radical (unpaired) electrons. The van der Waals surface area contributed by atoms with Crippen LogP contribution in [0, 0.1) is 0 Å². The van der Waals surface area contributed by atoms with E-state index in [0.29, 0.717) is 22.7 Å². The highest BCUT2D eigenvalue weighted by atomic mass is 16.4. The van der Waals surface area contributed by atoms with Crippen molar-refractivity contribution in [3.05, 3.63) is 65.6 Å². The summed E-state index contributed by atoms with van der Waals surface area (Å²) in [6.07, 6.45) is 6.47. The van der Waals surface area contributed by atoms with E-state index in [-0.39, 0.29) is 0 Å². The van der Waals surface area contributed by atoms with Crippen molar-refractivity contribution in [3.63, 3.8) is 0 Å². The van der Waals surface area contributed by atoms with Crippen LogP contribution in [-0.4, -0.2) is 40.2 Å². The number of hydrogen-bond acceptors (Lipinski definition) is 6. The molecular weight excluding hydrogens is 336 g/mol. The third kappa shape index (κ3) is 2.71. The van der Waals surface area contributed by atoms with Crippen LogP contribution in [0.4, 0.5) is 0 Å². The molecule has 0 atom stereocenters. The summed E-state index contributed by atoms with van der Waals surface area (Å²) >= 11 is 0. The van der Waals surface area contributed by atoms with Gasteiger partial charge in [-0.3, -0.25) is 14.8 Å². The fourth-order valence-electron chi connectivity index (χ4n) is 2.63. The quantitative estimate of drug-likeness (QED) is 0.587. The lowest BCUT2D eigenvalue weighted by Crippen LogP contribution is -2.25. The number of fused-ring (bicyclic) bond motifs is 1. The number of carbonyl (C=O) groups is 1. The molecule has 1 N–H and O–H groups in total. The van der Waals surface area contributed by atoms with Crippen LogP contribution < -0.4 is 5.69 Å². The molecule has 26 heavy (non-hydrogen) atoms. The Morgan fingerprint density at radius 2 is 1.62 bits per heavy atom. The maximum absolute atomic E-state index is 12.6. The number of nitrogens with zero attached hydrogens (tertiary/aromatic N) is 6. The number of carboxylic acids is 1. The second-order valence-corrected chi connectivity index (χ2v) is 5.46. The Labute approximate surface area is 146 Å². The molecule has 0 spiro atoms. The molecule has 0 aliphatic carbocycles. The van der Waals surface area contributed by atoms with Gasteiger partial charge < -0.3 is 5.11 Å². The van der Waals surface area contributed by atoms with E-state index in [1.165, 1.54) is 4.40 Å². The van der Waals surface area contributed by atoms with Gasteiger partial charge in [-0.25, -0.2) is 18.9 Å². The minimum absolute atomic E-state index is 0.310.